The fourth-order valence-electron chi connectivity index (χ4n) is 1.58. The van der Waals surface area contributed by atoms with E-state index in [4.69, 9.17) is 10.5 Å². The van der Waals surface area contributed by atoms with Gasteiger partial charge in [0.15, 0.2) is 0 Å². The van der Waals surface area contributed by atoms with E-state index in [-0.39, 0.29) is 19.5 Å². The highest BCUT2D eigenvalue weighted by Gasteiger charge is 2.05. The molecular formula is C13H23NOS. The molecule has 0 radical (unpaired) electrons. The predicted molar refractivity (Wildman–Crippen MR) is 73.9 cm³/mol. The summed E-state index contributed by atoms with van der Waals surface area (Å²) in [6.07, 6.45) is 1.02. The van der Waals surface area contributed by atoms with Crippen molar-refractivity contribution in [3.05, 3.63) is 35.9 Å². The maximum atomic E-state index is 5.91. The number of hydrogen-bond acceptors (Lipinski definition) is 2. The molecule has 92 valence electrons. The average molecular weight is 241 g/mol. The van der Waals surface area contributed by atoms with Crippen LogP contribution in [-0.2, 0) is 11.3 Å². The van der Waals surface area contributed by atoms with Gasteiger partial charge >= 0.3 is 0 Å². The lowest BCUT2D eigenvalue weighted by molar-refractivity contribution is 0.103. The van der Waals surface area contributed by atoms with E-state index in [0.717, 1.165) is 6.42 Å². The largest absolute Gasteiger partial charge is 0.375 e. The standard InChI is InChI=1S/C13H21NO.H2S/c1-11(2)8-13(14)10-15-9-12-6-4-3-5-7-12;/h3-7,11,13H,8-10,14H2,1-2H3;1H2/t13-;/m0./s1. The van der Waals surface area contributed by atoms with Crippen LogP contribution in [0.25, 0.3) is 0 Å². The summed E-state index contributed by atoms with van der Waals surface area (Å²) in [7, 11) is 0. The van der Waals surface area contributed by atoms with Gasteiger partial charge in [0, 0.05) is 6.04 Å². The second-order valence-electron chi connectivity index (χ2n) is 4.39. The van der Waals surface area contributed by atoms with Crippen LogP contribution in [0.2, 0.25) is 0 Å². The molecule has 1 rings (SSSR count). The minimum absolute atomic E-state index is 0. The monoisotopic (exact) mass is 241 g/mol. The van der Waals surface area contributed by atoms with Crippen molar-refractivity contribution in [3.8, 4) is 0 Å². The van der Waals surface area contributed by atoms with E-state index in [1.54, 1.807) is 0 Å². The van der Waals surface area contributed by atoms with E-state index in [1.165, 1.54) is 5.56 Å². The van der Waals surface area contributed by atoms with Gasteiger partial charge in [-0.3, -0.25) is 0 Å². The van der Waals surface area contributed by atoms with Crippen LogP contribution in [0.15, 0.2) is 30.3 Å². The van der Waals surface area contributed by atoms with E-state index in [0.29, 0.717) is 19.1 Å². The van der Waals surface area contributed by atoms with Crippen molar-refractivity contribution in [2.24, 2.45) is 11.7 Å². The highest BCUT2D eigenvalue weighted by Crippen LogP contribution is 2.05. The molecule has 16 heavy (non-hydrogen) atoms. The quantitative estimate of drug-likeness (QED) is 0.831. The van der Waals surface area contributed by atoms with Crippen molar-refractivity contribution < 1.29 is 4.74 Å². The topological polar surface area (TPSA) is 35.2 Å². The van der Waals surface area contributed by atoms with Crippen LogP contribution < -0.4 is 5.73 Å². The molecule has 2 nitrogen and oxygen atoms in total. The molecule has 0 fully saturated rings. The van der Waals surface area contributed by atoms with Gasteiger partial charge in [0.2, 0.25) is 0 Å². The van der Waals surface area contributed by atoms with Gasteiger partial charge in [-0.05, 0) is 17.9 Å². The zero-order valence-electron chi connectivity index (χ0n) is 10.1. The minimum Gasteiger partial charge on any atom is -0.375 e. The van der Waals surface area contributed by atoms with Crippen LogP contribution in [-0.4, -0.2) is 12.6 Å². The van der Waals surface area contributed by atoms with Crippen molar-refractivity contribution in [2.45, 2.75) is 32.9 Å². The van der Waals surface area contributed by atoms with Crippen LogP contribution in [0.4, 0.5) is 0 Å². The molecule has 0 aliphatic rings. The molecule has 0 saturated heterocycles. The normalized spacial score (nSPS) is 12.2. The number of benzene rings is 1. The van der Waals surface area contributed by atoms with Crippen molar-refractivity contribution in [1.29, 1.82) is 0 Å². The van der Waals surface area contributed by atoms with E-state index >= 15 is 0 Å². The Morgan fingerprint density at radius 1 is 1.19 bits per heavy atom. The SMILES string of the molecule is CC(C)C[C@H](N)COCc1ccccc1.S. The Bertz CT molecular complexity index is 264. The van der Waals surface area contributed by atoms with Gasteiger partial charge in [0.1, 0.15) is 0 Å². The number of hydrogen-bond donors (Lipinski definition) is 1. The molecule has 2 N–H and O–H groups in total. The lowest BCUT2D eigenvalue weighted by atomic mass is 10.1. The molecule has 0 bridgehead atoms. The molecule has 1 atom stereocenters. The van der Waals surface area contributed by atoms with Gasteiger partial charge in [-0.15, -0.1) is 0 Å². The molecule has 0 amide bonds. The lowest BCUT2D eigenvalue weighted by Crippen LogP contribution is -2.27. The van der Waals surface area contributed by atoms with Crippen molar-refractivity contribution in [2.75, 3.05) is 6.61 Å². The maximum Gasteiger partial charge on any atom is 0.0717 e. The van der Waals surface area contributed by atoms with Gasteiger partial charge in [-0.1, -0.05) is 44.2 Å². The summed E-state index contributed by atoms with van der Waals surface area (Å²) in [6.45, 7) is 5.66. The summed E-state index contributed by atoms with van der Waals surface area (Å²) in [5.74, 6) is 0.639. The van der Waals surface area contributed by atoms with Crippen molar-refractivity contribution >= 4 is 13.5 Å². The Morgan fingerprint density at radius 2 is 1.81 bits per heavy atom. The Hall–Kier alpha value is -0.510. The highest BCUT2D eigenvalue weighted by molar-refractivity contribution is 7.59. The fraction of sp³-hybridized carbons (Fsp3) is 0.538. The van der Waals surface area contributed by atoms with Crippen LogP contribution in [0.3, 0.4) is 0 Å². The summed E-state index contributed by atoms with van der Waals surface area (Å²) >= 11 is 0. The number of nitrogens with two attached hydrogens (primary N) is 1. The molecule has 0 aliphatic heterocycles. The molecule has 3 heteroatoms. The highest BCUT2D eigenvalue weighted by atomic mass is 32.1. The van der Waals surface area contributed by atoms with E-state index in [9.17, 15) is 0 Å². The van der Waals surface area contributed by atoms with E-state index in [2.05, 4.69) is 26.0 Å². The number of ether oxygens (including phenoxy) is 1. The Morgan fingerprint density at radius 3 is 2.38 bits per heavy atom. The first-order chi connectivity index (χ1) is 7.18. The summed E-state index contributed by atoms with van der Waals surface area (Å²) in [5, 5.41) is 0. The Balaban J connectivity index is 0.00000225. The first-order valence-corrected chi connectivity index (χ1v) is 5.55. The fourth-order valence-corrected chi connectivity index (χ4v) is 1.58. The van der Waals surface area contributed by atoms with Gasteiger partial charge in [0.05, 0.1) is 13.2 Å². The van der Waals surface area contributed by atoms with Gasteiger partial charge in [0.25, 0.3) is 0 Å². The first kappa shape index (κ1) is 15.5. The predicted octanol–water partition coefficient (Wildman–Crippen LogP) is 2.69. The molecule has 0 aliphatic carbocycles. The average Bonchev–Trinajstić information content (AvgIpc) is 2.18. The molecule has 0 unspecified atom stereocenters. The molecular weight excluding hydrogens is 218 g/mol. The van der Waals surface area contributed by atoms with Crippen molar-refractivity contribution in [3.63, 3.8) is 0 Å². The first-order valence-electron chi connectivity index (χ1n) is 5.55. The third-order valence-corrected chi connectivity index (χ3v) is 2.22. The summed E-state index contributed by atoms with van der Waals surface area (Å²) < 4.78 is 5.56. The van der Waals surface area contributed by atoms with E-state index in [1.807, 2.05) is 18.2 Å². The zero-order valence-corrected chi connectivity index (χ0v) is 11.1. The second-order valence-corrected chi connectivity index (χ2v) is 4.39. The lowest BCUT2D eigenvalue weighted by Gasteiger charge is -2.14. The zero-order chi connectivity index (χ0) is 11.1. The van der Waals surface area contributed by atoms with Gasteiger partial charge in [-0.2, -0.15) is 13.5 Å². The third kappa shape index (κ3) is 6.88. The molecule has 0 spiro atoms. The van der Waals surface area contributed by atoms with Crippen LogP contribution in [0, 0.1) is 5.92 Å². The number of rotatable bonds is 6. The van der Waals surface area contributed by atoms with Gasteiger partial charge < -0.3 is 10.5 Å². The molecule has 0 heterocycles. The Labute approximate surface area is 106 Å². The molecule has 0 saturated carbocycles. The Kier molecular flexibility index (Phi) is 8.35. The van der Waals surface area contributed by atoms with Gasteiger partial charge in [-0.25, -0.2) is 0 Å². The molecule has 0 aromatic heterocycles. The summed E-state index contributed by atoms with van der Waals surface area (Å²) in [6, 6.07) is 10.3. The maximum absolute atomic E-state index is 5.91. The van der Waals surface area contributed by atoms with Crippen molar-refractivity contribution in [1.82, 2.24) is 0 Å². The van der Waals surface area contributed by atoms with Crippen LogP contribution in [0.5, 0.6) is 0 Å². The van der Waals surface area contributed by atoms with Crippen LogP contribution in [0.1, 0.15) is 25.8 Å². The smallest absolute Gasteiger partial charge is 0.0717 e. The second kappa shape index (κ2) is 8.62. The summed E-state index contributed by atoms with van der Waals surface area (Å²) in [5.41, 5.74) is 7.12. The summed E-state index contributed by atoms with van der Waals surface area (Å²) in [4.78, 5) is 0. The van der Waals surface area contributed by atoms with Crippen LogP contribution >= 0.6 is 13.5 Å². The minimum atomic E-state index is 0. The van der Waals surface area contributed by atoms with E-state index < -0.39 is 0 Å². The molecule has 1 aromatic carbocycles. The molecule has 1 aromatic rings. The third-order valence-electron chi connectivity index (χ3n) is 2.22.